The van der Waals surface area contributed by atoms with Gasteiger partial charge in [0.2, 0.25) is 0 Å². The van der Waals surface area contributed by atoms with E-state index in [-0.39, 0.29) is 41.3 Å². The highest BCUT2D eigenvalue weighted by molar-refractivity contribution is 5.90. The number of rotatable bonds is 6. The Morgan fingerprint density at radius 1 is 0.917 bits per heavy atom. The summed E-state index contributed by atoms with van der Waals surface area (Å²) in [6, 6.07) is 8.13. The standard InChI is InChI=1S/C29H33F3O4/c1-16(33)17-2-4-19(5-3-17)22-12-13-24(28(32)27(22)31)29(34)36-21-9-6-18(7-10-21)20-8-11-23(25(30)14-20)26-15-35-26/h8,11-14,16-19,21,26,33H,2-7,9-10,15H2,1H3. The SMILES string of the molecule is CC(O)C1CCC(c2ccc(C(=O)OC3CCC(c4ccc(C5CO5)c(F)c4)CC3)c(F)c2F)CC1. The van der Waals surface area contributed by atoms with E-state index >= 15 is 0 Å². The molecule has 0 bridgehead atoms. The van der Waals surface area contributed by atoms with Gasteiger partial charge in [-0.15, -0.1) is 0 Å². The molecule has 1 heterocycles. The molecule has 1 saturated heterocycles. The van der Waals surface area contributed by atoms with E-state index in [1.165, 1.54) is 12.1 Å². The van der Waals surface area contributed by atoms with Crippen molar-refractivity contribution >= 4 is 5.97 Å². The third-order valence-electron chi connectivity index (χ3n) is 8.35. The van der Waals surface area contributed by atoms with E-state index in [1.807, 2.05) is 6.07 Å². The molecule has 0 amide bonds. The first kappa shape index (κ1) is 25.3. The number of carbonyl (C=O) groups is 1. The fourth-order valence-corrected chi connectivity index (χ4v) is 5.96. The molecule has 2 aromatic rings. The van der Waals surface area contributed by atoms with Gasteiger partial charge in [0.15, 0.2) is 11.6 Å². The number of hydrogen-bond acceptors (Lipinski definition) is 4. The fraction of sp³-hybridized carbons (Fsp3) is 0.552. The van der Waals surface area contributed by atoms with E-state index in [9.17, 15) is 23.1 Å². The van der Waals surface area contributed by atoms with Crippen LogP contribution in [0.4, 0.5) is 13.2 Å². The first-order chi connectivity index (χ1) is 17.3. The zero-order chi connectivity index (χ0) is 25.4. The number of carbonyl (C=O) groups excluding carboxylic acids is 1. The van der Waals surface area contributed by atoms with Gasteiger partial charge in [-0.25, -0.2) is 18.0 Å². The van der Waals surface area contributed by atoms with E-state index in [0.717, 1.165) is 31.2 Å². The van der Waals surface area contributed by atoms with Crippen LogP contribution >= 0.6 is 0 Å². The average Bonchev–Trinajstić information content (AvgIpc) is 3.71. The molecule has 0 spiro atoms. The Morgan fingerprint density at radius 3 is 2.17 bits per heavy atom. The minimum Gasteiger partial charge on any atom is -0.459 e. The molecule has 0 aromatic heterocycles. The summed E-state index contributed by atoms with van der Waals surface area (Å²) < 4.78 is 54.9. The molecule has 4 nitrogen and oxygen atoms in total. The molecule has 2 unspecified atom stereocenters. The second-order valence-electron chi connectivity index (χ2n) is 10.7. The maximum atomic E-state index is 14.9. The zero-order valence-electron chi connectivity index (χ0n) is 20.5. The molecule has 2 saturated carbocycles. The molecule has 1 N–H and O–H groups in total. The Hall–Kier alpha value is -2.38. The number of halogens is 3. The van der Waals surface area contributed by atoms with Gasteiger partial charge in [0.05, 0.1) is 18.3 Å². The monoisotopic (exact) mass is 502 g/mol. The number of benzene rings is 2. The predicted octanol–water partition coefficient (Wildman–Crippen LogP) is 6.71. The molecule has 1 aliphatic heterocycles. The minimum absolute atomic E-state index is 0.120. The maximum Gasteiger partial charge on any atom is 0.341 e. The zero-order valence-corrected chi connectivity index (χ0v) is 20.5. The number of ether oxygens (including phenoxy) is 2. The average molecular weight is 503 g/mol. The van der Waals surface area contributed by atoms with Crippen LogP contribution < -0.4 is 0 Å². The van der Waals surface area contributed by atoms with E-state index in [4.69, 9.17) is 9.47 Å². The van der Waals surface area contributed by atoms with Crippen LogP contribution in [0.2, 0.25) is 0 Å². The molecule has 5 rings (SSSR count). The summed E-state index contributed by atoms with van der Waals surface area (Å²) in [7, 11) is 0. The topological polar surface area (TPSA) is 59.1 Å². The Kier molecular flexibility index (Phi) is 7.40. The lowest BCUT2D eigenvalue weighted by molar-refractivity contribution is 0.0189. The highest BCUT2D eigenvalue weighted by Gasteiger charge is 2.32. The van der Waals surface area contributed by atoms with E-state index in [2.05, 4.69) is 0 Å². The van der Waals surface area contributed by atoms with Gasteiger partial charge in [0.1, 0.15) is 18.0 Å². The summed E-state index contributed by atoms with van der Waals surface area (Å²) in [5, 5.41) is 9.77. The van der Waals surface area contributed by atoms with Gasteiger partial charge < -0.3 is 14.6 Å². The number of hydrogen-bond donors (Lipinski definition) is 1. The fourth-order valence-electron chi connectivity index (χ4n) is 5.96. The Bertz CT molecular complexity index is 1100. The summed E-state index contributed by atoms with van der Waals surface area (Å²) >= 11 is 0. The van der Waals surface area contributed by atoms with Gasteiger partial charge in [0, 0.05) is 5.56 Å². The van der Waals surface area contributed by atoms with Crippen molar-refractivity contribution in [1.82, 2.24) is 0 Å². The number of esters is 1. The molecular formula is C29H33F3O4. The van der Waals surface area contributed by atoms with Crippen LogP contribution in [0.5, 0.6) is 0 Å². The van der Waals surface area contributed by atoms with Crippen LogP contribution in [0.15, 0.2) is 30.3 Å². The van der Waals surface area contributed by atoms with Crippen molar-refractivity contribution in [1.29, 1.82) is 0 Å². The summed E-state index contributed by atoms with van der Waals surface area (Å²) in [4.78, 5) is 12.7. The lowest BCUT2D eigenvalue weighted by atomic mass is 9.76. The van der Waals surface area contributed by atoms with Crippen LogP contribution in [0, 0.1) is 23.4 Å². The lowest BCUT2D eigenvalue weighted by Gasteiger charge is -2.31. The smallest absolute Gasteiger partial charge is 0.341 e. The van der Waals surface area contributed by atoms with Gasteiger partial charge >= 0.3 is 5.97 Å². The Morgan fingerprint density at radius 2 is 1.56 bits per heavy atom. The van der Waals surface area contributed by atoms with Crippen molar-refractivity contribution in [3.63, 3.8) is 0 Å². The quantitative estimate of drug-likeness (QED) is 0.352. The molecule has 2 aromatic carbocycles. The largest absolute Gasteiger partial charge is 0.459 e. The normalized spacial score (nSPS) is 29.0. The molecule has 194 valence electrons. The number of epoxide rings is 1. The second-order valence-corrected chi connectivity index (χ2v) is 10.7. The molecule has 3 aliphatic rings. The van der Waals surface area contributed by atoms with Crippen molar-refractivity contribution in [3.05, 3.63) is 70.0 Å². The molecule has 3 fully saturated rings. The number of aliphatic hydroxyl groups is 1. The van der Waals surface area contributed by atoms with Crippen LogP contribution in [-0.2, 0) is 9.47 Å². The van der Waals surface area contributed by atoms with E-state index in [0.29, 0.717) is 43.4 Å². The van der Waals surface area contributed by atoms with Crippen LogP contribution in [0.25, 0.3) is 0 Å². The van der Waals surface area contributed by atoms with Crippen LogP contribution in [0.3, 0.4) is 0 Å². The van der Waals surface area contributed by atoms with Crippen LogP contribution in [-0.4, -0.2) is 29.9 Å². The summed E-state index contributed by atoms with van der Waals surface area (Å²) in [5.41, 5.74) is 1.43. The van der Waals surface area contributed by atoms with E-state index in [1.54, 1.807) is 19.1 Å². The minimum atomic E-state index is -1.15. The molecule has 36 heavy (non-hydrogen) atoms. The first-order valence-corrected chi connectivity index (χ1v) is 13.1. The molecule has 2 aliphatic carbocycles. The summed E-state index contributed by atoms with van der Waals surface area (Å²) in [5.74, 6) is -2.99. The van der Waals surface area contributed by atoms with E-state index < -0.39 is 23.7 Å². The van der Waals surface area contributed by atoms with Gasteiger partial charge in [-0.2, -0.15) is 0 Å². The number of aliphatic hydroxyl groups excluding tert-OH is 1. The van der Waals surface area contributed by atoms with Crippen molar-refractivity contribution in [2.45, 2.75) is 88.4 Å². The third-order valence-corrected chi connectivity index (χ3v) is 8.35. The highest BCUT2D eigenvalue weighted by Crippen LogP contribution is 2.40. The van der Waals surface area contributed by atoms with Gasteiger partial charge in [-0.1, -0.05) is 18.2 Å². The molecule has 7 heteroatoms. The second kappa shape index (κ2) is 10.5. The third kappa shape index (κ3) is 5.32. The maximum absolute atomic E-state index is 14.9. The highest BCUT2D eigenvalue weighted by atomic mass is 19.2. The lowest BCUT2D eigenvalue weighted by Crippen LogP contribution is -2.25. The van der Waals surface area contributed by atoms with Crippen molar-refractivity contribution in [2.75, 3.05) is 6.61 Å². The first-order valence-electron chi connectivity index (χ1n) is 13.1. The predicted molar refractivity (Wildman–Crippen MR) is 128 cm³/mol. The van der Waals surface area contributed by atoms with Gasteiger partial charge in [0.25, 0.3) is 0 Å². The molecule has 2 atom stereocenters. The molecule has 0 radical (unpaired) electrons. The van der Waals surface area contributed by atoms with Gasteiger partial charge in [-0.3, -0.25) is 0 Å². The van der Waals surface area contributed by atoms with Crippen molar-refractivity contribution in [2.24, 2.45) is 5.92 Å². The Labute approximate surface area is 209 Å². The van der Waals surface area contributed by atoms with Gasteiger partial charge in [-0.05, 0) is 99.3 Å². The molecular weight excluding hydrogens is 469 g/mol. The van der Waals surface area contributed by atoms with Crippen molar-refractivity contribution in [3.8, 4) is 0 Å². The Balaban J connectivity index is 1.17. The van der Waals surface area contributed by atoms with Crippen molar-refractivity contribution < 1.29 is 32.5 Å². The summed E-state index contributed by atoms with van der Waals surface area (Å²) in [6.45, 7) is 2.32. The van der Waals surface area contributed by atoms with Crippen LogP contribution in [0.1, 0.15) is 103 Å². The summed E-state index contributed by atoms with van der Waals surface area (Å²) in [6.07, 6.45) is 4.60.